The van der Waals surface area contributed by atoms with Gasteiger partial charge in [-0.25, -0.2) is 8.42 Å². The lowest BCUT2D eigenvalue weighted by Crippen LogP contribution is -2.52. The van der Waals surface area contributed by atoms with Crippen LogP contribution in [-0.4, -0.2) is 65.1 Å². The minimum absolute atomic E-state index is 0.0482. The number of carbonyl (C=O) groups excluding carboxylic acids is 2. The van der Waals surface area contributed by atoms with Crippen molar-refractivity contribution in [3.63, 3.8) is 0 Å². The molecule has 0 aliphatic rings. The van der Waals surface area contributed by atoms with Gasteiger partial charge in [0.25, 0.3) is 10.0 Å². The van der Waals surface area contributed by atoms with Gasteiger partial charge in [0.2, 0.25) is 11.8 Å². The van der Waals surface area contributed by atoms with Crippen molar-refractivity contribution in [2.24, 2.45) is 0 Å². The summed E-state index contributed by atoms with van der Waals surface area (Å²) in [5.74, 6) is -0.289. The third kappa shape index (κ3) is 7.65. The van der Waals surface area contributed by atoms with Crippen molar-refractivity contribution in [3.8, 4) is 17.2 Å². The van der Waals surface area contributed by atoms with Gasteiger partial charge in [-0.2, -0.15) is 0 Å². The largest absolute Gasteiger partial charge is 0.495 e. The van der Waals surface area contributed by atoms with Crippen LogP contribution in [0.3, 0.4) is 0 Å². The van der Waals surface area contributed by atoms with Gasteiger partial charge in [0.05, 0.1) is 31.9 Å². The summed E-state index contributed by atoms with van der Waals surface area (Å²) in [6.07, 6.45) is 0. The van der Waals surface area contributed by atoms with E-state index in [2.05, 4.69) is 5.32 Å². The third-order valence-electron chi connectivity index (χ3n) is 6.43. The van der Waals surface area contributed by atoms with E-state index in [0.29, 0.717) is 5.75 Å². The van der Waals surface area contributed by atoms with E-state index in [4.69, 9.17) is 25.8 Å². The third-order valence-corrected chi connectivity index (χ3v) is 8.42. The maximum absolute atomic E-state index is 14.2. The molecule has 10 nitrogen and oxygen atoms in total. The Morgan fingerprint density at radius 1 is 0.857 bits per heavy atom. The first-order chi connectivity index (χ1) is 19.9. The molecule has 0 saturated carbocycles. The number of sulfonamides is 1. The Labute approximate surface area is 252 Å². The summed E-state index contributed by atoms with van der Waals surface area (Å²) in [5, 5.41) is 3.06. The summed E-state index contributed by atoms with van der Waals surface area (Å²) >= 11 is 6.29. The lowest BCUT2D eigenvalue weighted by molar-refractivity contribution is -0.139. The van der Waals surface area contributed by atoms with Crippen molar-refractivity contribution in [2.75, 3.05) is 32.2 Å². The number of halogens is 1. The molecule has 3 aromatic rings. The van der Waals surface area contributed by atoms with Gasteiger partial charge in [0.15, 0.2) is 11.5 Å². The minimum atomic E-state index is -4.42. The number of anilines is 1. The standard InChI is InChI=1S/C30H36ClN3O7S/c1-20(2)32-30(36)21(3)33(18-22-10-8-7-9-11-22)29(35)19-34(25-16-23(31)12-14-26(25)39-4)42(37,38)24-13-15-27(40-5)28(17-24)41-6/h7-17,20-21H,18-19H2,1-6H3,(H,32,36). The summed E-state index contributed by atoms with van der Waals surface area (Å²) < 4.78 is 45.4. The Balaban J connectivity index is 2.14. The second kappa shape index (κ2) is 14.3. The smallest absolute Gasteiger partial charge is 0.265 e. The molecule has 1 unspecified atom stereocenters. The molecule has 3 rings (SSSR count). The minimum Gasteiger partial charge on any atom is -0.495 e. The van der Waals surface area contributed by atoms with Crippen molar-refractivity contribution < 1.29 is 32.2 Å². The van der Waals surface area contributed by atoms with E-state index in [9.17, 15) is 18.0 Å². The first-order valence-corrected chi connectivity index (χ1v) is 15.0. The molecule has 12 heteroatoms. The van der Waals surface area contributed by atoms with Crippen LogP contribution >= 0.6 is 11.6 Å². The van der Waals surface area contributed by atoms with E-state index < -0.39 is 28.5 Å². The summed E-state index contributed by atoms with van der Waals surface area (Å²) in [5.41, 5.74) is 0.816. The number of hydrogen-bond acceptors (Lipinski definition) is 7. The van der Waals surface area contributed by atoms with Crippen LogP contribution in [0, 0.1) is 0 Å². The fourth-order valence-electron chi connectivity index (χ4n) is 4.24. The normalized spacial score (nSPS) is 11.9. The Morgan fingerprint density at radius 2 is 1.48 bits per heavy atom. The zero-order valence-corrected chi connectivity index (χ0v) is 26.0. The van der Waals surface area contributed by atoms with Crippen LogP contribution in [0.4, 0.5) is 5.69 Å². The SMILES string of the molecule is COc1ccc(S(=O)(=O)N(CC(=O)N(Cc2ccccc2)C(C)C(=O)NC(C)C)c2cc(Cl)ccc2OC)cc1OC. The second-order valence-corrected chi connectivity index (χ2v) is 12.0. The number of ether oxygens (including phenoxy) is 3. The van der Waals surface area contributed by atoms with Gasteiger partial charge in [-0.3, -0.25) is 13.9 Å². The average molecular weight is 618 g/mol. The van der Waals surface area contributed by atoms with Crippen LogP contribution in [0.2, 0.25) is 5.02 Å². The molecule has 0 aliphatic carbocycles. The molecule has 0 saturated heterocycles. The zero-order chi connectivity index (χ0) is 31.0. The molecule has 2 amide bonds. The fourth-order valence-corrected chi connectivity index (χ4v) is 5.84. The number of rotatable bonds is 13. The second-order valence-electron chi connectivity index (χ2n) is 9.69. The highest BCUT2D eigenvalue weighted by atomic mass is 35.5. The first kappa shape index (κ1) is 32.6. The topological polar surface area (TPSA) is 114 Å². The van der Waals surface area contributed by atoms with E-state index in [1.54, 1.807) is 13.0 Å². The van der Waals surface area contributed by atoms with Gasteiger partial charge in [-0.1, -0.05) is 41.9 Å². The van der Waals surface area contributed by atoms with Crippen LogP contribution in [0.25, 0.3) is 0 Å². The lowest BCUT2D eigenvalue weighted by Gasteiger charge is -2.32. The Hall–Kier alpha value is -3.96. The molecule has 0 heterocycles. The molecule has 0 fully saturated rings. The highest BCUT2D eigenvalue weighted by Gasteiger charge is 2.34. The molecule has 226 valence electrons. The van der Waals surface area contributed by atoms with E-state index in [1.807, 2.05) is 44.2 Å². The highest BCUT2D eigenvalue weighted by Crippen LogP contribution is 2.37. The molecule has 1 atom stereocenters. The zero-order valence-electron chi connectivity index (χ0n) is 24.5. The van der Waals surface area contributed by atoms with Crippen LogP contribution < -0.4 is 23.8 Å². The summed E-state index contributed by atoms with van der Waals surface area (Å²) in [4.78, 5) is 28.3. The number of benzene rings is 3. The van der Waals surface area contributed by atoms with Crippen molar-refractivity contribution >= 4 is 39.1 Å². The number of nitrogens with zero attached hydrogens (tertiary/aromatic N) is 2. The highest BCUT2D eigenvalue weighted by molar-refractivity contribution is 7.92. The molecule has 0 aliphatic heterocycles. The number of carbonyl (C=O) groups is 2. The van der Waals surface area contributed by atoms with Crippen molar-refractivity contribution in [1.82, 2.24) is 10.2 Å². The average Bonchev–Trinajstić information content (AvgIpc) is 2.97. The van der Waals surface area contributed by atoms with Crippen LogP contribution in [0.15, 0.2) is 71.6 Å². The number of methoxy groups -OCH3 is 3. The first-order valence-electron chi connectivity index (χ1n) is 13.1. The number of hydrogen-bond donors (Lipinski definition) is 1. The van der Waals surface area contributed by atoms with E-state index in [1.165, 1.54) is 56.6 Å². The summed E-state index contributed by atoms with van der Waals surface area (Å²) in [6.45, 7) is 4.65. The predicted octanol–water partition coefficient (Wildman–Crippen LogP) is 4.50. The molecule has 0 bridgehead atoms. The van der Waals surface area contributed by atoms with Gasteiger partial charge < -0.3 is 24.4 Å². The Kier molecular flexibility index (Phi) is 11.1. The van der Waals surface area contributed by atoms with Crippen LogP contribution in [0.1, 0.15) is 26.3 Å². The molecular weight excluding hydrogens is 582 g/mol. The molecule has 0 radical (unpaired) electrons. The molecule has 42 heavy (non-hydrogen) atoms. The lowest BCUT2D eigenvalue weighted by atomic mass is 10.1. The molecule has 3 aromatic carbocycles. The van der Waals surface area contributed by atoms with Gasteiger partial charge in [-0.05, 0) is 56.7 Å². The quantitative estimate of drug-likeness (QED) is 0.300. The van der Waals surface area contributed by atoms with Crippen molar-refractivity contribution in [1.29, 1.82) is 0 Å². The molecule has 1 N–H and O–H groups in total. The van der Waals surface area contributed by atoms with Gasteiger partial charge in [-0.15, -0.1) is 0 Å². The van der Waals surface area contributed by atoms with Crippen molar-refractivity contribution in [2.45, 2.75) is 44.3 Å². The fraction of sp³-hybridized carbons (Fsp3) is 0.333. The summed E-state index contributed by atoms with van der Waals surface area (Å²) in [6, 6.07) is 16.6. The maximum Gasteiger partial charge on any atom is 0.265 e. The van der Waals surface area contributed by atoms with Gasteiger partial charge in [0.1, 0.15) is 18.3 Å². The maximum atomic E-state index is 14.2. The van der Waals surface area contributed by atoms with E-state index >= 15 is 0 Å². The van der Waals surface area contributed by atoms with Crippen LogP contribution in [0.5, 0.6) is 17.2 Å². The monoisotopic (exact) mass is 617 g/mol. The molecule has 0 spiro atoms. The Morgan fingerprint density at radius 3 is 2.07 bits per heavy atom. The molecule has 0 aromatic heterocycles. The van der Waals surface area contributed by atoms with E-state index in [0.717, 1.165) is 9.87 Å². The predicted molar refractivity (Wildman–Crippen MR) is 162 cm³/mol. The Bertz CT molecular complexity index is 1500. The van der Waals surface area contributed by atoms with Crippen molar-refractivity contribution in [3.05, 3.63) is 77.3 Å². The summed E-state index contributed by atoms with van der Waals surface area (Å²) in [7, 11) is -0.206. The number of nitrogens with one attached hydrogen (secondary N) is 1. The van der Waals surface area contributed by atoms with Gasteiger partial charge in [0, 0.05) is 23.7 Å². The molecular formula is C30H36ClN3O7S. The number of amides is 2. The van der Waals surface area contributed by atoms with Gasteiger partial charge >= 0.3 is 0 Å². The van der Waals surface area contributed by atoms with Crippen LogP contribution in [-0.2, 0) is 26.2 Å². The van der Waals surface area contributed by atoms with E-state index in [-0.39, 0.29) is 45.6 Å².